The zero-order valence-electron chi connectivity index (χ0n) is 56.4. The Balaban J connectivity index is 0.813. The number of carbonyl (C=O) groups is 9. The molecule has 10 unspecified atom stereocenters. The predicted molar refractivity (Wildman–Crippen MR) is 379 cm³/mol. The zero-order chi connectivity index (χ0) is 72.9. The minimum Gasteiger partial charge on any atom is -0.461 e. The topological polar surface area (TPSA) is 397 Å². The van der Waals surface area contributed by atoms with E-state index >= 15 is 0 Å². The Kier molecular flexibility index (Phi) is 26.2. The van der Waals surface area contributed by atoms with Gasteiger partial charge in [0.25, 0.3) is 11.8 Å². The predicted octanol–water partition coefficient (Wildman–Crippen LogP) is 5.54. The summed E-state index contributed by atoms with van der Waals surface area (Å²) in [5.74, 6) is -3.58. The summed E-state index contributed by atoms with van der Waals surface area (Å²) < 4.78 is 23.6. The first-order valence-electron chi connectivity index (χ1n) is 33.1. The van der Waals surface area contributed by atoms with Gasteiger partial charge in [-0.3, -0.25) is 28.8 Å². The molecule has 4 heterocycles. The number of amides is 10. The van der Waals surface area contributed by atoms with Gasteiger partial charge in [-0.05, 0) is 96.3 Å². The molecule has 28 nitrogen and oxygen atoms in total. The number of nitrogens with zero attached hydrogens (tertiary/aromatic N) is 4. The van der Waals surface area contributed by atoms with Gasteiger partial charge in [0.2, 0.25) is 29.9 Å². The maximum absolute atomic E-state index is 14.8. The van der Waals surface area contributed by atoms with Gasteiger partial charge in [-0.25, -0.2) is 14.4 Å². The Hall–Kier alpha value is -8.91. The van der Waals surface area contributed by atoms with E-state index in [4.69, 9.17) is 53.6 Å². The average molecular weight is 1460 g/mol. The fourth-order valence-corrected chi connectivity index (χ4v) is 13.8. The van der Waals surface area contributed by atoms with Crippen LogP contribution >= 0.6 is 34.5 Å². The van der Waals surface area contributed by atoms with Crippen LogP contribution in [0.1, 0.15) is 101 Å². The fourth-order valence-electron chi connectivity index (χ4n) is 12.4. The molecule has 0 bridgehead atoms. The number of alkyl halides is 2. The third kappa shape index (κ3) is 18.1. The lowest BCUT2D eigenvalue weighted by Crippen LogP contribution is -2.60. The normalized spacial score (nSPS) is 19.3. The number of urea groups is 1. The molecule has 13 N–H and O–H groups in total. The van der Waals surface area contributed by atoms with Crippen LogP contribution in [0.4, 0.5) is 31.4 Å². The second-order valence-electron chi connectivity index (χ2n) is 25.4. The molecule has 1 aromatic heterocycles. The lowest BCUT2D eigenvalue weighted by atomic mass is 9.95. The van der Waals surface area contributed by atoms with Gasteiger partial charge in [-0.15, -0.1) is 34.5 Å². The zero-order valence-corrected chi connectivity index (χ0v) is 58.7. The van der Waals surface area contributed by atoms with E-state index < -0.39 is 115 Å². The van der Waals surface area contributed by atoms with Crippen molar-refractivity contribution in [1.82, 2.24) is 31.1 Å². The van der Waals surface area contributed by atoms with E-state index in [1.807, 2.05) is 24.3 Å². The van der Waals surface area contributed by atoms with E-state index in [0.29, 0.717) is 70.0 Å². The number of fused-ring (bicyclic) bond motifs is 6. The monoisotopic (exact) mass is 1450 g/mol. The molecule has 3 aliphatic heterocycles. The molecule has 10 atom stereocenters. The maximum atomic E-state index is 14.8. The quantitative estimate of drug-likeness (QED) is 0.0203. The van der Waals surface area contributed by atoms with Gasteiger partial charge in [0, 0.05) is 106 Å². The molecule has 1 saturated heterocycles. The summed E-state index contributed by atoms with van der Waals surface area (Å²) in [4.78, 5) is 127. The van der Waals surface area contributed by atoms with Crippen LogP contribution in [0.2, 0.25) is 0 Å². The van der Waals surface area contributed by atoms with Crippen molar-refractivity contribution in [3.05, 3.63) is 124 Å². The highest BCUT2D eigenvalue weighted by Crippen LogP contribution is 2.49. The van der Waals surface area contributed by atoms with Crippen molar-refractivity contribution in [3.8, 4) is 11.5 Å². The number of nitrogens with two attached hydrogens (primary N) is 2. The summed E-state index contributed by atoms with van der Waals surface area (Å²) in [6.45, 7) is 4.77. The molecule has 0 spiro atoms. The van der Waals surface area contributed by atoms with Crippen LogP contribution in [-0.2, 0) is 35.3 Å². The van der Waals surface area contributed by atoms with E-state index in [1.54, 1.807) is 96.4 Å². The number of likely N-dealkylation sites (N-methyl/N-ethyl adjacent to an activating group) is 2. The van der Waals surface area contributed by atoms with Gasteiger partial charge in [0.15, 0.2) is 0 Å². The number of thiophene rings is 1. The van der Waals surface area contributed by atoms with Gasteiger partial charge >= 0.3 is 18.2 Å². The van der Waals surface area contributed by atoms with Crippen molar-refractivity contribution in [2.24, 2.45) is 17.4 Å². The Bertz CT molecular complexity index is 4020. The number of nitrogens with one attached hydrogen (secondary N) is 5. The molecule has 6 aromatic rings. The van der Waals surface area contributed by atoms with Crippen LogP contribution in [0.3, 0.4) is 0 Å². The van der Waals surface area contributed by atoms with Crippen LogP contribution in [-0.4, -0.2) is 204 Å². The number of primary amides is 1. The SMILES string of the molecule is CC(=O)NC(CCCCN)C(=O)NC(C(=O)NC(CCCNC(N)=O)C(=O)Nc1ccc(COC(=O)N(C)CCN(C)C(=O)Oc2cc3c(c4ccccc24)C(CCl)CN3C(=O)c2ccc(C(=O)N3CC(CCl)c4c3cc(OC3OC(CO)C(O)C(O)C3O)c3ccccc43)s2)cc1)C(C)C. The highest BCUT2D eigenvalue weighted by atomic mass is 35.5. The number of benzene rings is 5. The summed E-state index contributed by atoms with van der Waals surface area (Å²) in [6, 6.07) is 23.4. The van der Waals surface area contributed by atoms with Gasteiger partial charge < -0.3 is 97.0 Å². The minimum absolute atomic E-state index is 0.00779. The summed E-state index contributed by atoms with van der Waals surface area (Å²) in [5.41, 5.74) is 14.2. The molecule has 5 aromatic carbocycles. The molecule has 542 valence electrons. The largest absolute Gasteiger partial charge is 0.461 e. The second-order valence-corrected chi connectivity index (χ2v) is 27.1. The number of carbonyl (C=O) groups excluding carboxylic acids is 9. The molecule has 10 amide bonds. The number of aliphatic hydroxyl groups is 4. The lowest BCUT2D eigenvalue weighted by Gasteiger charge is -2.39. The molecule has 0 radical (unpaired) electrons. The van der Waals surface area contributed by atoms with Crippen LogP contribution < -0.4 is 57.3 Å². The standard InChI is InChI=1S/C70H85Cl2N11O17S/c1-37(2)58(79-63(90)47(76-38(3)85)17-10-11-25-73)64(91)78-48(18-12-26-75-68(74)94)62(89)77-42-21-19-39(20-22-42)36-97-69(95)80(4)27-28-81(5)70(96)100-52-30-50-57(46-16-9-7-14-44(46)52)41(32-72)34-83(50)66(93)55-24-23-54(101-55)65(92)82-33-40(31-71)56-45-15-8-6-13-43(45)51(29-49(56)82)98-67-61(88)60(87)59(86)53(35-84)99-67/h6-9,13-16,19-24,29-30,37,40-41,47-48,53,58-61,67,84,86-88H,10-12,17-18,25-28,31-36,73H2,1-5H3,(H,76,85)(H,77,89)(H,78,91)(H,79,90)(H3,74,75,94). The molecular weight excluding hydrogens is 1370 g/mol. The molecule has 101 heavy (non-hydrogen) atoms. The maximum Gasteiger partial charge on any atom is 0.415 e. The van der Waals surface area contributed by atoms with Crippen molar-refractivity contribution < 1.29 is 82.5 Å². The summed E-state index contributed by atoms with van der Waals surface area (Å²) in [7, 11) is 3.00. The van der Waals surface area contributed by atoms with Crippen molar-refractivity contribution in [2.75, 3.05) is 86.8 Å². The lowest BCUT2D eigenvalue weighted by molar-refractivity contribution is -0.277. The first-order chi connectivity index (χ1) is 48.4. The summed E-state index contributed by atoms with van der Waals surface area (Å²) in [6.07, 6.45) is -7.44. The molecule has 31 heteroatoms. The van der Waals surface area contributed by atoms with Crippen molar-refractivity contribution >= 4 is 127 Å². The van der Waals surface area contributed by atoms with E-state index in [-0.39, 0.29) is 97.0 Å². The fraction of sp³-hybridized carbons (Fsp3) is 0.443. The van der Waals surface area contributed by atoms with Crippen LogP contribution in [0.5, 0.6) is 11.5 Å². The molecule has 1 fully saturated rings. The van der Waals surface area contributed by atoms with Crippen molar-refractivity contribution in [2.45, 2.75) is 120 Å². The number of rotatable bonds is 29. The number of ether oxygens (including phenoxy) is 4. The molecule has 0 saturated carbocycles. The highest BCUT2D eigenvalue weighted by Gasteiger charge is 2.46. The van der Waals surface area contributed by atoms with Gasteiger partial charge in [0.05, 0.1) is 27.7 Å². The third-order valence-electron chi connectivity index (χ3n) is 17.9. The molecular formula is C70H85Cl2N11O17S. The first-order valence-corrected chi connectivity index (χ1v) is 35.0. The van der Waals surface area contributed by atoms with Crippen molar-refractivity contribution in [1.29, 1.82) is 0 Å². The van der Waals surface area contributed by atoms with Crippen LogP contribution in [0, 0.1) is 5.92 Å². The molecule has 3 aliphatic rings. The third-order valence-corrected chi connectivity index (χ3v) is 19.7. The van der Waals surface area contributed by atoms with E-state index in [1.165, 1.54) is 30.8 Å². The van der Waals surface area contributed by atoms with Gasteiger partial charge in [-0.1, -0.05) is 74.5 Å². The number of anilines is 3. The number of aliphatic hydroxyl groups excluding tert-OH is 4. The van der Waals surface area contributed by atoms with Gasteiger partial charge in [-0.2, -0.15) is 0 Å². The van der Waals surface area contributed by atoms with Crippen molar-refractivity contribution in [3.63, 3.8) is 0 Å². The Morgan fingerprint density at radius 3 is 1.76 bits per heavy atom. The van der Waals surface area contributed by atoms with E-state index in [9.17, 15) is 63.6 Å². The second kappa shape index (κ2) is 34.6. The smallest absolute Gasteiger partial charge is 0.415 e. The molecule has 0 aliphatic carbocycles. The number of unbranched alkanes of at least 4 members (excludes halogenated alkanes) is 1. The van der Waals surface area contributed by atoms with Gasteiger partial charge in [0.1, 0.15) is 60.6 Å². The number of halogens is 2. The van der Waals surface area contributed by atoms with E-state index in [0.717, 1.165) is 22.5 Å². The average Bonchev–Trinajstić information content (AvgIpc) is 1.63. The highest BCUT2D eigenvalue weighted by molar-refractivity contribution is 7.16. The number of hydrogen-bond acceptors (Lipinski definition) is 19. The Morgan fingerprint density at radius 1 is 0.673 bits per heavy atom. The molecule has 9 rings (SSSR count). The minimum atomic E-state index is -1.70. The first kappa shape index (κ1) is 76.3. The van der Waals surface area contributed by atoms with Crippen LogP contribution in [0.25, 0.3) is 21.5 Å². The summed E-state index contributed by atoms with van der Waals surface area (Å²) >= 11 is 14.2. The summed E-state index contributed by atoms with van der Waals surface area (Å²) in [5, 5.41) is 57.7. The number of hydrogen-bond donors (Lipinski definition) is 11. The van der Waals surface area contributed by atoms with E-state index in [2.05, 4.69) is 26.6 Å². The Labute approximate surface area is 596 Å². The Morgan fingerprint density at radius 2 is 1.22 bits per heavy atom. The van der Waals surface area contributed by atoms with Crippen LogP contribution in [0.15, 0.2) is 97.1 Å².